The quantitative estimate of drug-likeness (QED) is 0.835. The summed E-state index contributed by atoms with van der Waals surface area (Å²) >= 11 is 0. The molecule has 1 aliphatic rings. The van der Waals surface area contributed by atoms with Crippen molar-refractivity contribution in [1.29, 1.82) is 0 Å². The summed E-state index contributed by atoms with van der Waals surface area (Å²) < 4.78 is 5.46. The van der Waals surface area contributed by atoms with Crippen molar-refractivity contribution in [1.82, 2.24) is 5.32 Å². The van der Waals surface area contributed by atoms with Gasteiger partial charge < -0.3 is 15.2 Å². The van der Waals surface area contributed by atoms with E-state index in [1.54, 1.807) is 0 Å². The maximum absolute atomic E-state index is 12.3. The lowest BCUT2D eigenvalue weighted by molar-refractivity contribution is -0.141. The second kappa shape index (κ2) is 8.32. The minimum Gasteiger partial charge on any atom is -0.481 e. The van der Waals surface area contributed by atoms with Gasteiger partial charge >= 0.3 is 5.97 Å². The van der Waals surface area contributed by atoms with E-state index in [0.717, 1.165) is 16.3 Å². The van der Waals surface area contributed by atoms with Gasteiger partial charge in [0.2, 0.25) is 5.91 Å². The number of carbonyl (C=O) groups excluding carboxylic acids is 1. The second-order valence-electron chi connectivity index (χ2n) is 7.07. The summed E-state index contributed by atoms with van der Waals surface area (Å²) in [6.07, 6.45) is 1.85. The standard InChI is InChI=1S/C21H25NO4/c1-14-10-18(8-9-26-14)20(23)22-13-19(21(24)25)12-15-6-7-16-4-2-3-5-17(16)11-15/h2-7,11,14,18-19H,8-10,12-13H2,1H3,(H,22,23)(H,24,25). The van der Waals surface area contributed by atoms with Gasteiger partial charge in [-0.15, -0.1) is 0 Å². The fourth-order valence-electron chi connectivity index (χ4n) is 3.50. The van der Waals surface area contributed by atoms with Crippen LogP contribution in [0.3, 0.4) is 0 Å². The number of benzene rings is 2. The van der Waals surface area contributed by atoms with E-state index in [1.807, 2.05) is 49.4 Å². The summed E-state index contributed by atoms with van der Waals surface area (Å²) in [7, 11) is 0. The van der Waals surface area contributed by atoms with Crippen LogP contribution in [0.2, 0.25) is 0 Å². The Morgan fingerprint density at radius 3 is 2.73 bits per heavy atom. The first-order chi connectivity index (χ1) is 12.5. The topological polar surface area (TPSA) is 75.6 Å². The maximum atomic E-state index is 12.3. The molecule has 5 nitrogen and oxygen atoms in total. The molecule has 0 aliphatic carbocycles. The van der Waals surface area contributed by atoms with Crippen molar-refractivity contribution in [3.63, 3.8) is 0 Å². The molecule has 3 unspecified atom stereocenters. The Morgan fingerprint density at radius 1 is 1.23 bits per heavy atom. The van der Waals surface area contributed by atoms with E-state index in [1.165, 1.54) is 0 Å². The highest BCUT2D eigenvalue weighted by Crippen LogP contribution is 2.21. The van der Waals surface area contributed by atoms with Crippen LogP contribution in [-0.2, 0) is 20.7 Å². The third-order valence-corrected chi connectivity index (χ3v) is 5.02. The summed E-state index contributed by atoms with van der Waals surface area (Å²) in [5, 5.41) is 14.6. The first-order valence-corrected chi connectivity index (χ1v) is 9.12. The van der Waals surface area contributed by atoms with Crippen LogP contribution < -0.4 is 5.32 Å². The molecule has 3 atom stereocenters. The zero-order chi connectivity index (χ0) is 18.5. The highest BCUT2D eigenvalue weighted by atomic mass is 16.5. The number of ether oxygens (including phenoxy) is 1. The molecule has 1 saturated heterocycles. The smallest absolute Gasteiger partial charge is 0.308 e. The van der Waals surface area contributed by atoms with Crippen LogP contribution in [0, 0.1) is 11.8 Å². The molecule has 0 spiro atoms. The predicted octanol–water partition coefficient (Wildman–Crippen LogP) is 3.01. The van der Waals surface area contributed by atoms with Crippen molar-refractivity contribution in [2.24, 2.45) is 11.8 Å². The van der Waals surface area contributed by atoms with Crippen LogP contribution in [-0.4, -0.2) is 36.2 Å². The number of amides is 1. The number of carboxylic acids is 1. The van der Waals surface area contributed by atoms with Crippen molar-refractivity contribution < 1.29 is 19.4 Å². The third kappa shape index (κ3) is 4.61. The van der Waals surface area contributed by atoms with E-state index in [4.69, 9.17) is 4.74 Å². The van der Waals surface area contributed by atoms with Gasteiger partial charge in [-0.3, -0.25) is 9.59 Å². The van der Waals surface area contributed by atoms with Crippen molar-refractivity contribution >= 4 is 22.6 Å². The first kappa shape index (κ1) is 18.4. The van der Waals surface area contributed by atoms with Crippen molar-refractivity contribution in [3.8, 4) is 0 Å². The van der Waals surface area contributed by atoms with Gasteiger partial charge in [-0.2, -0.15) is 0 Å². The van der Waals surface area contributed by atoms with E-state index in [9.17, 15) is 14.7 Å². The monoisotopic (exact) mass is 355 g/mol. The molecule has 2 aromatic carbocycles. The average Bonchev–Trinajstić information content (AvgIpc) is 2.64. The van der Waals surface area contributed by atoms with Crippen LogP contribution >= 0.6 is 0 Å². The average molecular weight is 355 g/mol. The zero-order valence-electron chi connectivity index (χ0n) is 15.0. The van der Waals surface area contributed by atoms with Gasteiger partial charge in [-0.1, -0.05) is 42.5 Å². The van der Waals surface area contributed by atoms with Crippen molar-refractivity contribution in [2.45, 2.75) is 32.3 Å². The van der Waals surface area contributed by atoms with E-state index in [0.29, 0.717) is 25.9 Å². The molecule has 26 heavy (non-hydrogen) atoms. The summed E-state index contributed by atoms with van der Waals surface area (Å²) in [4.78, 5) is 24.0. The van der Waals surface area contributed by atoms with Crippen molar-refractivity contribution in [2.75, 3.05) is 13.2 Å². The lowest BCUT2D eigenvalue weighted by atomic mass is 9.94. The number of carboxylic acid groups (broad SMARTS) is 1. The molecular weight excluding hydrogens is 330 g/mol. The summed E-state index contributed by atoms with van der Waals surface area (Å²) in [5.41, 5.74) is 0.963. The predicted molar refractivity (Wildman–Crippen MR) is 99.9 cm³/mol. The Morgan fingerprint density at radius 2 is 2.00 bits per heavy atom. The molecule has 138 valence electrons. The van der Waals surface area contributed by atoms with Gasteiger partial charge in [0.25, 0.3) is 0 Å². The van der Waals surface area contributed by atoms with Gasteiger partial charge in [0, 0.05) is 19.1 Å². The summed E-state index contributed by atoms with van der Waals surface area (Å²) in [6, 6.07) is 14.0. The van der Waals surface area contributed by atoms with Gasteiger partial charge in [0.15, 0.2) is 0 Å². The largest absolute Gasteiger partial charge is 0.481 e. The van der Waals surface area contributed by atoms with E-state index >= 15 is 0 Å². The molecule has 2 aromatic rings. The minimum atomic E-state index is -0.890. The molecule has 0 radical (unpaired) electrons. The third-order valence-electron chi connectivity index (χ3n) is 5.02. The maximum Gasteiger partial charge on any atom is 0.308 e. The van der Waals surface area contributed by atoms with E-state index in [2.05, 4.69) is 5.32 Å². The molecule has 5 heteroatoms. The number of nitrogens with one attached hydrogen (secondary N) is 1. The Bertz CT molecular complexity index is 788. The molecule has 1 aliphatic heterocycles. The molecule has 2 N–H and O–H groups in total. The van der Waals surface area contributed by atoms with Gasteiger partial charge in [0.05, 0.1) is 12.0 Å². The molecule has 3 rings (SSSR count). The number of aliphatic carboxylic acids is 1. The number of rotatable bonds is 6. The molecular formula is C21H25NO4. The molecule has 0 aromatic heterocycles. The zero-order valence-corrected chi connectivity index (χ0v) is 15.0. The molecule has 0 bridgehead atoms. The van der Waals surface area contributed by atoms with Crippen LogP contribution in [0.15, 0.2) is 42.5 Å². The van der Waals surface area contributed by atoms with Crippen LogP contribution in [0.25, 0.3) is 10.8 Å². The number of hydrogen-bond donors (Lipinski definition) is 2. The number of fused-ring (bicyclic) bond motifs is 1. The van der Waals surface area contributed by atoms with E-state index < -0.39 is 11.9 Å². The highest BCUT2D eigenvalue weighted by Gasteiger charge is 2.27. The fourth-order valence-corrected chi connectivity index (χ4v) is 3.50. The van der Waals surface area contributed by atoms with Crippen LogP contribution in [0.5, 0.6) is 0 Å². The Balaban J connectivity index is 1.61. The van der Waals surface area contributed by atoms with Crippen LogP contribution in [0.1, 0.15) is 25.3 Å². The Kier molecular flexibility index (Phi) is 5.89. The Labute approximate surface area is 153 Å². The lowest BCUT2D eigenvalue weighted by Gasteiger charge is -2.26. The molecule has 1 heterocycles. The van der Waals surface area contributed by atoms with Gasteiger partial charge in [0.1, 0.15) is 0 Å². The Hall–Kier alpha value is -2.40. The van der Waals surface area contributed by atoms with Gasteiger partial charge in [-0.25, -0.2) is 0 Å². The molecule has 0 saturated carbocycles. The first-order valence-electron chi connectivity index (χ1n) is 9.12. The minimum absolute atomic E-state index is 0.0649. The van der Waals surface area contributed by atoms with E-state index in [-0.39, 0.29) is 24.5 Å². The fraction of sp³-hybridized carbons (Fsp3) is 0.429. The summed E-state index contributed by atoms with van der Waals surface area (Å²) in [6.45, 7) is 2.69. The van der Waals surface area contributed by atoms with Gasteiger partial charge in [-0.05, 0) is 42.5 Å². The molecule has 1 amide bonds. The lowest BCUT2D eigenvalue weighted by Crippen LogP contribution is -2.40. The SMILES string of the molecule is CC1CC(C(=O)NCC(Cc2ccc3ccccc3c2)C(=O)O)CCO1. The highest BCUT2D eigenvalue weighted by molar-refractivity contribution is 5.83. The second-order valence-corrected chi connectivity index (χ2v) is 7.07. The normalized spacial score (nSPS) is 21.3. The van der Waals surface area contributed by atoms with Crippen molar-refractivity contribution in [3.05, 3.63) is 48.0 Å². The summed E-state index contributed by atoms with van der Waals surface area (Å²) in [5.74, 6) is -1.69. The van der Waals surface area contributed by atoms with Crippen LogP contribution in [0.4, 0.5) is 0 Å². The number of hydrogen-bond acceptors (Lipinski definition) is 3. The molecule has 1 fully saturated rings. The number of carbonyl (C=O) groups is 2.